The molecule has 0 aromatic heterocycles. The van der Waals surface area contributed by atoms with Gasteiger partial charge in [0.15, 0.2) is 0 Å². The molecule has 0 spiro atoms. The third-order valence-electron chi connectivity index (χ3n) is 1.43. The predicted molar refractivity (Wildman–Crippen MR) is 44.8 cm³/mol. The minimum absolute atomic E-state index is 0.715. The molecule has 0 aliphatic rings. The van der Waals surface area contributed by atoms with Gasteiger partial charge in [0.2, 0.25) is 0 Å². The molecule has 0 amide bonds. The summed E-state index contributed by atoms with van der Waals surface area (Å²) in [6.45, 7) is 8.72. The zero-order chi connectivity index (χ0) is 7.98. The zero-order valence-corrected chi connectivity index (χ0v) is 7.27. The standard InChI is InChI=1S/C9H16O/c1-5-8(3)7-10-9(4)6-2/h5-6H,7H2,1-4H3. The maximum atomic E-state index is 5.34. The number of hydrogen-bond acceptors (Lipinski definition) is 1. The molecule has 0 bridgehead atoms. The summed E-state index contributed by atoms with van der Waals surface area (Å²) in [6, 6.07) is 0. The molecule has 0 aliphatic heterocycles. The van der Waals surface area contributed by atoms with Crippen LogP contribution in [0, 0.1) is 0 Å². The molecule has 0 saturated heterocycles. The van der Waals surface area contributed by atoms with Crippen molar-refractivity contribution in [3.05, 3.63) is 23.5 Å². The quantitative estimate of drug-likeness (QED) is 0.432. The fourth-order valence-electron chi connectivity index (χ4n) is 0.394. The first-order valence-electron chi connectivity index (χ1n) is 3.58. The second-order valence-electron chi connectivity index (χ2n) is 2.32. The van der Waals surface area contributed by atoms with Crippen LogP contribution in [0.5, 0.6) is 0 Å². The van der Waals surface area contributed by atoms with Crippen LogP contribution in [-0.2, 0) is 4.74 Å². The fraction of sp³-hybridized carbons (Fsp3) is 0.556. The molecular weight excluding hydrogens is 124 g/mol. The van der Waals surface area contributed by atoms with E-state index in [0.717, 1.165) is 5.76 Å². The van der Waals surface area contributed by atoms with Gasteiger partial charge in [-0.1, -0.05) is 6.08 Å². The van der Waals surface area contributed by atoms with E-state index >= 15 is 0 Å². The number of rotatable bonds is 3. The molecule has 0 saturated carbocycles. The van der Waals surface area contributed by atoms with Crippen LogP contribution in [0.4, 0.5) is 0 Å². The number of ether oxygens (including phenoxy) is 1. The first kappa shape index (κ1) is 9.28. The molecule has 1 nitrogen and oxygen atoms in total. The van der Waals surface area contributed by atoms with Crippen LogP contribution in [-0.4, -0.2) is 6.61 Å². The topological polar surface area (TPSA) is 9.23 Å². The van der Waals surface area contributed by atoms with Crippen molar-refractivity contribution in [2.75, 3.05) is 6.61 Å². The molecule has 0 heterocycles. The Morgan fingerprint density at radius 1 is 1.20 bits per heavy atom. The summed E-state index contributed by atoms with van der Waals surface area (Å²) in [5.74, 6) is 0.987. The summed E-state index contributed by atoms with van der Waals surface area (Å²) in [6.07, 6.45) is 4.02. The lowest BCUT2D eigenvalue weighted by molar-refractivity contribution is 0.241. The highest BCUT2D eigenvalue weighted by Crippen LogP contribution is 1.99. The average molecular weight is 140 g/mol. The van der Waals surface area contributed by atoms with Crippen molar-refractivity contribution in [3.8, 4) is 0 Å². The molecule has 0 rings (SSSR count). The molecule has 1 heteroatoms. The van der Waals surface area contributed by atoms with E-state index in [1.54, 1.807) is 0 Å². The minimum atomic E-state index is 0.715. The highest BCUT2D eigenvalue weighted by atomic mass is 16.5. The van der Waals surface area contributed by atoms with E-state index in [2.05, 4.69) is 13.0 Å². The van der Waals surface area contributed by atoms with Gasteiger partial charge in [-0.2, -0.15) is 0 Å². The highest BCUT2D eigenvalue weighted by Gasteiger charge is 1.88. The van der Waals surface area contributed by atoms with E-state index in [1.165, 1.54) is 5.57 Å². The van der Waals surface area contributed by atoms with Crippen molar-refractivity contribution >= 4 is 0 Å². The van der Waals surface area contributed by atoms with E-state index in [0.29, 0.717) is 6.61 Å². The number of hydrogen-bond donors (Lipinski definition) is 0. The van der Waals surface area contributed by atoms with E-state index in [-0.39, 0.29) is 0 Å². The lowest BCUT2D eigenvalue weighted by Crippen LogP contribution is -1.92. The number of allylic oxidation sites excluding steroid dienone is 3. The van der Waals surface area contributed by atoms with Crippen molar-refractivity contribution in [3.63, 3.8) is 0 Å². The Morgan fingerprint density at radius 3 is 2.20 bits per heavy atom. The van der Waals surface area contributed by atoms with Crippen molar-refractivity contribution in [1.29, 1.82) is 0 Å². The molecule has 0 aromatic rings. The van der Waals surface area contributed by atoms with Crippen LogP contribution in [0.3, 0.4) is 0 Å². The lowest BCUT2D eigenvalue weighted by Gasteiger charge is -2.04. The summed E-state index contributed by atoms with van der Waals surface area (Å²) >= 11 is 0. The summed E-state index contributed by atoms with van der Waals surface area (Å²) in [4.78, 5) is 0. The second kappa shape index (κ2) is 5.10. The SMILES string of the molecule is CC=C(C)COC(C)=CC. The summed E-state index contributed by atoms with van der Waals surface area (Å²) in [5, 5.41) is 0. The Labute approximate surface area is 63.4 Å². The van der Waals surface area contributed by atoms with Gasteiger partial charge in [-0.3, -0.25) is 0 Å². The van der Waals surface area contributed by atoms with Crippen molar-refractivity contribution < 1.29 is 4.74 Å². The third kappa shape index (κ3) is 4.19. The van der Waals surface area contributed by atoms with Crippen LogP contribution < -0.4 is 0 Å². The van der Waals surface area contributed by atoms with E-state index in [9.17, 15) is 0 Å². The Kier molecular flexibility index (Phi) is 4.73. The molecule has 0 atom stereocenters. The molecular formula is C9H16O. The second-order valence-corrected chi connectivity index (χ2v) is 2.32. The van der Waals surface area contributed by atoms with Crippen LogP contribution in [0.15, 0.2) is 23.5 Å². The summed E-state index contributed by atoms with van der Waals surface area (Å²) in [7, 11) is 0. The van der Waals surface area contributed by atoms with Crippen LogP contribution in [0.25, 0.3) is 0 Å². The van der Waals surface area contributed by atoms with Crippen LogP contribution in [0.2, 0.25) is 0 Å². The van der Waals surface area contributed by atoms with Crippen LogP contribution >= 0.6 is 0 Å². The van der Waals surface area contributed by atoms with Gasteiger partial charge in [0.05, 0.1) is 5.76 Å². The first-order valence-corrected chi connectivity index (χ1v) is 3.58. The van der Waals surface area contributed by atoms with Gasteiger partial charge in [0.1, 0.15) is 6.61 Å². The molecule has 0 fully saturated rings. The smallest absolute Gasteiger partial charge is 0.108 e. The molecule has 0 aromatic carbocycles. The third-order valence-corrected chi connectivity index (χ3v) is 1.43. The van der Waals surface area contributed by atoms with Crippen molar-refractivity contribution in [1.82, 2.24) is 0 Å². The highest BCUT2D eigenvalue weighted by molar-refractivity contribution is 4.97. The first-order chi connectivity index (χ1) is 4.70. The fourth-order valence-corrected chi connectivity index (χ4v) is 0.394. The van der Waals surface area contributed by atoms with Gasteiger partial charge in [-0.15, -0.1) is 0 Å². The Morgan fingerprint density at radius 2 is 1.80 bits per heavy atom. The molecule has 0 N–H and O–H groups in total. The predicted octanol–water partition coefficient (Wildman–Crippen LogP) is 2.89. The minimum Gasteiger partial charge on any atom is -0.494 e. The monoisotopic (exact) mass is 140 g/mol. The van der Waals surface area contributed by atoms with Gasteiger partial charge in [0, 0.05) is 0 Å². The lowest BCUT2D eigenvalue weighted by atomic mass is 10.3. The van der Waals surface area contributed by atoms with Gasteiger partial charge < -0.3 is 4.74 Å². The molecule has 58 valence electrons. The Bertz CT molecular complexity index is 125. The Hall–Kier alpha value is -0.720. The van der Waals surface area contributed by atoms with E-state index in [4.69, 9.17) is 4.74 Å². The summed E-state index contributed by atoms with van der Waals surface area (Å²) < 4.78 is 5.34. The molecule has 10 heavy (non-hydrogen) atoms. The van der Waals surface area contributed by atoms with E-state index < -0.39 is 0 Å². The van der Waals surface area contributed by atoms with Crippen molar-refractivity contribution in [2.45, 2.75) is 27.7 Å². The van der Waals surface area contributed by atoms with E-state index in [1.807, 2.05) is 26.8 Å². The van der Waals surface area contributed by atoms with Crippen LogP contribution in [0.1, 0.15) is 27.7 Å². The maximum Gasteiger partial charge on any atom is 0.108 e. The van der Waals surface area contributed by atoms with Gasteiger partial charge in [-0.25, -0.2) is 0 Å². The van der Waals surface area contributed by atoms with Gasteiger partial charge in [-0.05, 0) is 39.3 Å². The average Bonchev–Trinajstić information content (AvgIpc) is 1.99. The van der Waals surface area contributed by atoms with Gasteiger partial charge in [0.25, 0.3) is 0 Å². The van der Waals surface area contributed by atoms with Crippen molar-refractivity contribution in [2.24, 2.45) is 0 Å². The molecule has 0 unspecified atom stereocenters. The largest absolute Gasteiger partial charge is 0.494 e. The summed E-state index contributed by atoms with van der Waals surface area (Å²) in [5.41, 5.74) is 1.27. The Balaban J connectivity index is 3.56. The molecule has 0 aliphatic carbocycles. The molecule has 0 radical (unpaired) electrons. The zero-order valence-electron chi connectivity index (χ0n) is 7.27. The normalized spacial score (nSPS) is 13.6. The van der Waals surface area contributed by atoms with Gasteiger partial charge >= 0.3 is 0 Å². The maximum absolute atomic E-state index is 5.34.